The summed E-state index contributed by atoms with van der Waals surface area (Å²) in [4.78, 5) is 40.2. The van der Waals surface area contributed by atoms with E-state index in [-0.39, 0.29) is 5.56 Å². The summed E-state index contributed by atoms with van der Waals surface area (Å²) in [6, 6.07) is 12.5. The first kappa shape index (κ1) is 18.3. The van der Waals surface area contributed by atoms with Crippen LogP contribution in [0.3, 0.4) is 0 Å². The van der Waals surface area contributed by atoms with Gasteiger partial charge in [-0.1, -0.05) is 30.3 Å². The molecule has 0 atom stereocenters. The molecular weight excluding hydrogens is 396 g/mol. The van der Waals surface area contributed by atoms with Crippen LogP contribution >= 0.6 is 11.3 Å². The van der Waals surface area contributed by atoms with Gasteiger partial charge in [-0.15, -0.1) is 11.3 Å². The zero-order valence-corrected chi connectivity index (χ0v) is 15.4. The Hall–Kier alpha value is -4.05. The number of nitrogens with one attached hydrogen (secondary N) is 1. The van der Waals surface area contributed by atoms with E-state index in [1.54, 1.807) is 0 Å². The topological polar surface area (TPSA) is 127 Å². The number of carbonyl (C=O) groups excluding carboxylic acids is 1. The Kier molecular flexibility index (Phi) is 4.53. The highest BCUT2D eigenvalue weighted by molar-refractivity contribution is 7.17. The van der Waals surface area contributed by atoms with Crippen LogP contribution in [-0.2, 0) is 0 Å². The molecule has 29 heavy (non-hydrogen) atoms. The lowest BCUT2D eigenvalue weighted by atomic mass is 10.1. The van der Waals surface area contributed by atoms with Crippen molar-refractivity contribution in [2.24, 2.45) is 0 Å². The zero-order valence-electron chi connectivity index (χ0n) is 14.6. The van der Waals surface area contributed by atoms with E-state index in [2.05, 4.69) is 10.4 Å². The molecule has 0 fully saturated rings. The number of fused-ring (bicyclic) bond motifs is 1. The van der Waals surface area contributed by atoms with Crippen molar-refractivity contribution in [1.82, 2.24) is 9.66 Å². The predicted molar refractivity (Wildman–Crippen MR) is 108 cm³/mol. The molecule has 2 heterocycles. The zero-order chi connectivity index (χ0) is 20.5. The molecule has 0 bridgehead atoms. The van der Waals surface area contributed by atoms with Gasteiger partial charge in [-0.2, -0.15) is 0 Å². The molecule has 0 spiro atoms. The van der Waals surface area contributed by atoms with Crippen LogP contribution in [0.25, 0.3) is 21.3 Å². The number of hydrogen-bond acceptors (Lipinski definition) is 7. The maximum Gasteiger partial charge on any atom is 0.310 e. The summed E-state index contributed by atoms with van der Waals surface area (Å²) in [5.74, 6) is -1.37. The van der Waals surface area contributed by atoms with Crippen molar-refractivity contribution < 1.29 is 14.8 Å². The molecule has 0 saturated heterocycles. The minimum Gasteiger partial charge on any atom is -0.502 e. The number of nitro benzene ring substituents is 1. The number of nitro groups is 1. The average Bonchev–Trinajstić information content (AvgIpc) is 3.15. The highest BCUT2D eigenvalue weighted by atomic mass is 32.1. The highest BCUT2D eigenvalue weighted by Gasteiger charge is 2.18. The Morgan fingerprint density at radius 3 is 2.66 bits per heavy atom. The number of hydrogen-bond donors (Lipinski definition) is 2. The number of benzene rings is 2. The van der Waals surface area contributed by atoms with E-state index in [9.17, 15) is 24.8 Å². The lowest BCUT2D eigenvalue weighted by molar-refractivity contribution is -0.385. The number of nitrogens with zero attached hydrogens (tertiary/aromatic N) is 3. The number of carbonyl (C=O) groups is 1. The molecular formula is C19H12N4O5S. The largest absolute Gasteiger partial charge is 0.502 e. The number of phenols is 1. The summed E-state index contributed by atoms with van der Waals surface area (Å²) in [6.45, 7) is 0. The molecule has 0 aliphatic rings. The second-order valence-corrected chi connectivity index (χ2v) is 6.87. The molecule has 0 aliphatic carbocycles. The van der Waals surface area contributed by atoms with E-state index in [1.165, 1.54) is 23.7 Å². The van der Waals surface area contributed by atoms with Gasteiger partial charge in [-0.3, -0.25) is 25.1 Å². The summed E-state index contributed by atoms with van der Waals surface area (Å²) in [5, 5.41) is 22.7. The second kappa shape index (κ2) is 7.17. The summed E-state index contributed by atoms with van der Waals surface area (Å²) in [7, 11) is 0. The van der Waals surface area contributed by atoms with Crippen LogP contribution in [0.2, 0.25) is 0 Å². The molecule has 2 aromatic heterocycles. The molecule has 9 nitrogen and oxygen atoms in total. The molecule has 10 heteroatoms. The third kappa shape index (κ3) is 3.32. The van der Waals surface area contributed by atoms with Gasteiger partial charge in [0.05, 0.1) is 10.3 Å². The summed E-state index contributed by atoms with van der Waals surface area (Å²) >= 11 is 1.32. The Morgan fingerprint density at radius 1 is 1.21 bits per heavy atom. The van der Waals surface area contributed by atoms with E-state index >= 15 is 0 Å². The summed E-state index contributed by atoms with van der Waals surface area (Å²) in [6.07, 6.45) is 1.19. The Labute approximate surface area is 166 Å². The second-order valence-electron chi connectivity index (χ2n) is 6.02. The molecule has 144 valence electrons. The third-order valence-corrected chi connectivity index (χ3v) is 5.12. The molecule has 2 N–H and O–H groups in total. The fraction of sp³-hybridized carbons (Fsp3) is 0. The van der Waals surface area contributed by atoms with Crippen molar-refractivity contribution in [3.63, 3.8) is 0 Å². The first-order valence-electron chi connectivity index (χ1n) is 8.29. The van der Waals surface area contributed by atoms with Crippen LogP contribution in [0.5, 0.6) is 5.75 Å². The van der Waals surface area contributed by atoms with Gasteiger partial charge in [0.1, 0.15) is 11.2 Å². The van der Waals surface area contributed by atoms with Crippen molar-refractivity contribution in [2.75, 3.05) is 5.43 Å². The smallest absolute Gasteiger partial charge is 0.310 e. The van der Waals surface area contributed by atoms with Crippen LogP contribution in [0.15, 0.2) is 65.0 Å². The lowest BCUT2D eigenvalue weighted by Gasteiger charge is -2.08. The van der Waals surface area contributed by atoms with Gasteiger partial charge < -0.3 is 5.11 Å². The number of aromatic nitrogens is 2. The Balaban J connectivity index is 1.71. The average molecular weight is 408 g/mol. The molecule has 0 radical (unpaired) electrons. The van der Waals surface area contributed by atoms with Crippen LogP contribution in [0.4, 0.5) is 5.69 Å². The fourth-order valence-electron chi connectivity index (χ4n) is 2.84. The van der Waals surface area contributed by atoms with Gasteiger partial charge in [0.15, 0.2) is 5.75 Å². The quantitative estimate of drug-likeness (QED) is 0.394. The van der Waals surface area contributed by atoms with Crippen LogP contribution in [-0.4, -0.2) is 25.6 Å². The SMILES string of the molecule is O=C(Nn1cnc2scc(-c3ccccc3)c2c1=O)c1ccc([N+](=O)[O-])c(O)c1. The van der Waals surface area contributed by atoms with Crippen LogP contribution in [0, 0.1) is 10.1 Å². The van der Waals surface area contributed by atoms with E-state index in [1.807, 2.05) is 35.7 Å². The first-order valence-corrected chi connectivity index (χ1v) is 9.16. The molecule has 1 amide bonds. The molecule has 4 aromatic rings. The van der Waals surface area contributed by atoms with Crippen LogP contribution < -0.4 is 11.0 Å². The fourth-order valence-corrected chi connectivity index (χ4v) is 3.74. The highest BCUT2D eigenvalue weighted by Crippen LogP contribution is 2.30. The number of aromatic hydroxyl groups is 1. The third-order valence-electron chi connectivity index (χ3n) is 4.24. The van der Waals surface area contributed by atoms with Crippen LogP contribution in [0.1, 0.15) is 10.4 Å². The van der Waals surface area contributed by atoms with Gasteiger partial charge in [0.2, 0.25) is 0 Å². The van der Waals surface area contributed by atoms with E-state index in [0.717, 1.165) is 22.4 Å². The number of rotatable bonds is 4. The number of thiophene rings is 1. The maximum absolute atomic E-state index is 12.9. The van der Waals surface area contributed by atoms with Crippen molar-refractivity contribution >= 4 is 33.1 Å². The molecule has 0 unspecified atom stereocenters. The minimum absolute atomic E-state index is 0.0475. The van der Waals surface area contributed by atoms with Gasteiger partial charge in [-0.25, -0.2) is 9.66 Å². The van der Waals surface area contributed by atoms with Crippen molar-refractivity contribution in [3.05, 3.63) is 86.3 Å². The number of phenolic OH excluding ortho intramolecular Hbond substituents is 1. The van der Waals surface area contributed by atoms with Gasteiger partial charge >= 0.3 is 5.69 Å². The first-order chi connectivity index (χ1) is 14.0. The van der Waals surface area contributed by atoms with Gasteiger partial charge in [-0.05, 0) is 17.7 Å². The summed E-state index contributed by atoms with van der Waals surface area (Å²) < 4.78 is 0.947. The van der Waals surface area contributed by atoms with Crippen molar-refractivity contribution in [2.45, 2.75) is 0 Å². The lowest BCUT2D eigenvalue weighted by Crippen LogP contribution is -2.33. The van der Waals surface area contributed by atoms with Gasteiger partial charge in [0.25, 0.3) is 11.5 Å². The number of amides is 1. The standard InChI is InChI=1S/C19H12N4O5S/c24-15-8-12(6-7-14(15)23(27)28)17(25)21-22-10-20-18-16(19(22)26)13(9-29-18)11-4-2-1-3-5-11/h1-10,24H,(H,21,25). The van der Waals surface area contributed by atoms with E-state index in [0.29, 0.717) is 15.8 Å². The molecule has 4 rings (SSSR count). The molecule has 0 saturated carbocycles. The van der Waals surface area contributed by atoms with Crippen molar-refractivity contribution in [3.8, 4) is 16.9 Å². The normalized spacial score (nSPS) is 10.8. The van der Waals surface area contributed by atoms with E-state index in [4.69, 9.17) is 0 Å². The Morgan fingerprint density at radius 2 is 1.97 bits per heavy atom. The molecule has 2 aromatic carbocycles. The maximum atomic E-state index is 12.9. The minimum atomic E-state index is -0.763. The van der Waals surface area contributed by atoms with Crippen molar-refractivity contribution in [1.29, 1.82) is 0 Å². The molecule has 0 aliphatic heterocycles. The van der Waals surface area contributed by atoms with Gasteiger partial charge in [0, 0.05) is 22.6 Å². The Bertz CT molecular complexity index is 1310. The summed E-state index contributed by atoms with van der Waals surface area (Å²) in [5.41, 5.74) is 2.91. The monoisotopic (exact) mass is 408 g/mol. The van der Waals surface area contributed by atoms with E-state index < -0.39 is 27.8 Å². The predicted octanol–water partition coefficient (Wildman–Crippen LogP) is 3.12.